The van der Waals surface area contributed by atoms with Crippen molar-refractivity contribution in [1.29, 1.82) is 0 Å². The number of benzene rings is 3. The molecule has 0 N–H and O–H groups in total. The molecule has 0 radical (unpaired) electrons. The van der Waals surface area contributed by atoms with E-state index in [1.54, 1.807) is 56.3 Å². The molecule has 0 spiro atoms. The Morgan fingerprint density at radius 2 is 1.06 bits per heavy atom. The number of rotatable bonds is 22. The summed E-state index contributed by atoms with van der Waals surface area (Å²) in [5.41, 5.74) is 0. The molecule has 62 heavy (non-hydrogen) atoms. The van der Waals surface area contributed by atoms with Gasteiger partial charge in [-0.05, 0) is 63.8 Å². The first kappa shape index (κ1) is 49.5. The van der Waals surface area contributed by atoms with Gasteiger partial charge < -0.3 is 23.8 Å². The largest absolute Gasteiger partial charge is 0.462 e. The Kier molecular flexibility index (Phi) is 19.1. The van der Waals surface area contributed by atoms with Gasteiger partial charge in [0.15, 0.2) is 22.2 Å². The van der Waals surface area contributed by atoms with Crippen molar-refractivity contribution in [3.05, 3.63) is 78.9 Å². The van der Waals surface area contributed by atoms with Crippen molar-refractivity contribution in [2.24, 2.45) is 11.8 Å². The smallest absolute Gasteiger partial charge is 0.351 e. The van der Waals surface area contributed by atoms with Gasteiger partial charge in [0.1, 0.15) is 4.91 Å². The Bertz CT molecular complexity index is 2190. The molecule has 0 aliphatic carbocycles. The van der Waals surface area contributed by atoms with Crippen molar-refractivity contribution in [2.45, 2.75) is 117 Å². The molecule has 0 bridgehead atoms. The van der Waals surface area contributed by atoms with Crippen molar-refractivity contribution in [3.8, 4) is 17.2 Å². The molecule has 2 aliphatic heterocycles. The molecule has 18 heteroatoms. The molecular weight excluding hydrogens is 913 g/mol. The van der Waals surface area contributed by atoms with Gasteiger partial charge in [0.2, 0.25) is 9.84 Å². The van der Waals surface area contributed by atoms with E-state index in [-0.39, 0.29) is 48.5 Å². The van der Waals surface area contributed by atoms with Crippen LogP contribution in [0, 0.1) is 11.8 Å². The highest BCUT2D eigenvalue weighted by Crippen LogP contribution is 2.69. The second-order valence-corrected chi connectivity index (χ2v) is 21.0. The molecule has 2 aliphatic rings. The number of para-hydroxylation sites is 1. The molecule has 0 fully saturated rings. The van der Waals surface area contributed by atoms with E-state index in [0.717, 1.165) is 72.7 Å². The van der Waals surface area contributed by atoms with Crippen molar-refractivity contribution in [3.63, 3.8) is 0 Å². The summed E-state index contributed by atoms with van der Waals surface area (Å²) in [6.07, 6.45) is 5.46. The molecule has 0 amide bonds. The summed E-state index contributed by atoms with van der Waals surface area (Å²) in [4.78, 5) is 61.6. The minimum Gasteiger partial charge on any atom is -0.462 e. The Morgan fingerprint density at radius 3 is 1.52 bits per heavy atom. The monoisotopic (exact) mass is 962 g/mol. The fourth-order valence-corrected chi connectivity index (χ4v) is 14.2. The number of sulfone groups is 1. The highest BCUT2D eigenvalue weighted by Gasteiger charge is 2.44. The second kappa shape index (κ2) is 24.0. The fourth-order valence-electron chi connectivity index (χ4n) is 6.15. The van der Waals surface area contributed by atoms with E-state index >= 15 is 0 Å². The van der Waals surface area contributed by atoms with Gasteiger partial charge in [0.25, 0.3) is 0 Å². The lowest BCUT2D eigenvalue weighted by atomic mass is 10.00. The third kappa shape index (κ3) is 12.0. The quantitative estimate of drug-likeness (QED) is 0.0234. The Labute approximate surface area is 384 Å². The van der Waals surface area contributed by atoms with Gasteiger partial charge in [-0.3, -0.25) is 9.59 Å². The molecule has 3 aromatic carbocycles. The third-order valence-corrected chi connectivity index (χ3v) is 17.7. The molecule has 2 heterocycles. The van der Waals surface area contributed by atoms with Crippen LogP contribution in [0.2, 0.25) is 0 Å². The second-order valence-electron chi connectivity index (χ2n) is 13.8. The third-order valence-electron chi connectivity index (χ3n) is 9.49. The zero-order valence-electron chi connectivity index (χ0n) is 35.3. The van der Waals surface area contributed by atoms with E-state index in [1.807, 2.05) is 33.8 Å². The van der Waals surface area contributed by atoms with Crippen LogP contribution in [-0.2, 0) is 42.8 Å². The summed E-state index contributed by atoms with van der Waals surface area (Å²) in [5, 5.41) is 0. The van der Waals surface area contributed by atoms with Crippen molar-refractivity contribution < 1.29 is 55.8 Å². The Hall–Kier alpha value is -3.52. The molecule has 0 saturated carbocycles. The van der Waals surface area contributed by atoms with Gasteiger partial charge >= 0.3 is 23.9 Å². The van der Waals surface area contributed by atoms with Gasteiger partial charge in [-0.2, -0.15) is 0 Å². The van der Waals surface area contributed by atoms with E-state index in [1.165, 1.54) is 12.1 Å². The van der Waals surface area contributed by atoms with Crippen LogP contribution in [0.15, 0.2) is 103 Å². The molecule has 0 saturated heterocycles. The molecule has 334 valence electrons. The van der Waals surface area contributed by atoms with Gasteiger partial charge in [0, 0.05) is 0 Å². The van der Waals surface area contributed by atoms with Crippen LogP contribution in [0.1, 0.15) is 92.9 Å². The molecule has 3 aromatic rings. The summed E-state index contributed by atoms with van der Waals surface area (Å²) in [6, 6.07) is 16.2. The predicted octanol–water partition coefficient (Wildman–Crippen LogP) is 11.9. The average Bonchev–Trinajstić information content (AvgIpc) is 3.90. The lowest BCUT2D eigenvalue weighted by Gasteiger charge is -2.20. The lowest BCUT2D eigenvalue weighted by molar-refractivity contribution is -0.141. The first-order valence-electron chi connectivity index (χ1n) is 20.5. The molecular formula is C44H50O12S6. The van der Waals surface area contributed by atoms with Gasteiger partial charge in [0.05, 0.1) is 70.0 Å². The maximum atomic E-state index is 14.3. The normalized spacial score (nSPS) is 14.0. The van der Waals surface area contributed by atoms with E-state index in [4.69, 9.17) is 28.2 Å². The predicted molar refractivity (Wildman–Crippen MR) is 244 cm³/mol. The number of hydrogen-bond donors (Lipinski definition) is 0. The van der Waals surface area contributed by atoms with Crippen LogP contribution in [0.5, 0.6) is 17.2 Å². The number of fused-ring (bicyclic) bond motifs is 2. The Morgan fingerprint density at radius 1 is 0.613 bits per heavy atom. The number of carbonyl (C=O) groups is 4. The number of ether oxygens (including phenoxy) is 4. The fraction of sp³-hybridized carbons (Fsp3) is 0.409. The number of unbranched alkanes of at least 4 members (excludes halogenated alkanes) is 2. The minimum absolute atomic E-state index is 0.0203. The van der Waals surface area contributed by atoms with Crippen LogP contribution >= 0.6 is 59.1 Å². The van der Waals surface area contributed by atoms with Crippen LogP contribution in [-0.4, -0.2) is 45.5 Å². The summed E-state index contributed by atoms with van der Waals surface area (Å²) in [6.45, 7) is 11.1. The highest BCUT2D eigenvalue weighted by atomic mass is 32.2. The molecule has 12 nitrogen and oxygen atoms in total. The van der Waals surface area contributed by atoms with Gasteiger partial charge in [-0.15, -0.1) is 4.33 Å². The number of thioether (sulfide) groups is 4. The molecule has 0 aromatic heterocycles. The summed E-state index contributed by atoms with van der Waals surface area (Å²) < 4.78 is 58.1. The standard InChI is InChI=1S/C44H50O12S6/c1-7-13-21-27(9-3)39(45)53-31-33-34(58-43(57-33)37(41(47)51-11-5)61-56-55-29-23-17-15-18-24-29)32(54-40(46)28(10-4)22-14-8-2)36-35(31)59-44(60-36)38(42(48)52-12-6)62(49,50)30-25-19-16-20-26-30/h15-20,23-28H,7-14,21-22H2,1-6H3. The highest BCUT2D eigenvalue weighted by molar-refractivity contribution is 8.26. The lowest BCUT2D eigenvalue weighted by Crippen LogP contribution is -2.22. The van der Waals surface area contributed by atoms with Gasteiger partial charge in [-0.25, -0.2) is 18.0 Å². The SMILES string of the molecule is CCCCC(CC)C(=O)Oc1c2c(c(OC(=O)C(CC)CCCC)c3c1SC(=C(C(=O)OCC)S(=O)(=O)c1ccccc1)S3)SC(=C(SOOc1ccccc1)C(=O)OCC)S2. The summed E-state index contributed by atoms with van der Waals surface area (Å²) in [5.74, 6) is -3.19. The van der Waals surface area contributed by atoms with Crippen LogP contribution in [0.3, 0.4) is 0 Å². The average molecular weight is 963 g/mol. The van der Waals surface area contributed by atoms with E-state index in [0.29, 0.717) is 57.5 Å². The van der Waals surface area contributed by atoms with Crippen molar-refractivity contribution >= 4 is 92.8 Å². The number of esters is 4. The van der Waals surface area contributed by atoms with Crippen LogP contribution in [0.25, 0.3) is 0 Å². The van der Waals surface area contributed by atoms with Crippen molar-refractivity contribution in [1.82, 2.24) is 0 Å². The summed E-state index contributed by atoms with van der Waals surface area (Å²) >= 11 is 4.62. The first-order chi connectivity index (χ1) is 29.9. The first-order valence-corrected chi connectivity index (χ1v) is 26.0. The Balaban J connectivity index is 1.76. The number of carbonyl (C=O) groups excluding carboxylic acids is 4. The topological polar surface area (TPSA) is 158 Å². The minimum atomic E-state index is -4.48. The zero-order valence-corrected chi connectivity index (χ0v) is 40.2. The van der Waals surface area contributed by atoms with Crippen LogP contribution < -0.4 is 14.4 Å². The maximum absolute atomic E-state index is 14.3. The van der Waals surface area contributed by atoms with E-state index in [2.05, 4.69) is 0 Å². The number of hydrogen-bond acceptors (Lipinski definition) is 17. The van der Waals surface area contributed by atoms with E-state index < -0.39 is 50.5 Å². The van der Waals surface area contributed by atoms with Crippen LogP contribution in [0.4, 0.5) is 0 Å². The van der Waals surface area contributed by atoms with Gasteiger partial charge in [-0.1, -0.05) is 137 Å². The molecule has 5 rings (SSSR count). The zero-order chi connectivity index (χ0) is 44.8. The molecule has 2 atom stereocenters. The van der Waals surface area contributed by atoms with Crippen molar-refractivity contribution in [2.75, 3.05) is 13.2 Å². The molecule has 2 unspecified atom stereocenters. The van der Waals surface area contributed by atoms with E-state index in [9.17, 15) is 27.6 Å². The maximum Gasteiger partial charge on any atom is 0.351 e. The summed E-state index contributed by atoms with van der Waals surface area (Å²) in [7, 11) is -4.48.